The molecule has 0 bridgehead atoms. The first-order valence-electron chi connectivity index (χ1n) is 10.6. The number of hydrogen-bond acceptors (Lipinski definition) is 7. The first-order chi connectivity index (χ1) is 13.9. The number of carbonyl (C=O) groups is 1. The van der Waals surface area contributed by atoms with Crippen LogP contribution in [0, 0.1) is 5.92 Å². The number of imidazole rings is 1. The summed E-state index contributed by atoms with van der Waals surface area (Å²) in [4.78, 5) is 32.4. The molecular formula is C20H32N8O. The number of hydrogen-bond donors (Lipinski definition) is 1. The van der Waals surface area contributed by atoms with E-state index in [1.54, 1.807) is 10.9 Å². The molecule has 4 rings (SSSR count). The zero-order valence-corrected chi connectivity index (χ0v) is 17.7. The van der Waals surface area contributed by atoms with Crippen molar-refractivity contribution in [3.05, 3.63) is 6.33 Å². The fourth-order valence-corrected chi connectivity index (χ4v) is 4.88. The van der Waals surface area contributed by atoms with E-state index in [9.17, 15) is 4.79 Å². The molecule has 1 amide bonds. The summed E-state index contributed by atoms with van der Waals surface area (Å²) in [6.07, 6.45) is 7.99. The third-order valence-electron chi connectivity index (χ3n) is 6.35. The van der Waals surface area contributed by atoms with E-state index in [2.05, 4.69) is 19.9 Å². The minimum atomic E-state index is 0.0702. The molecular weight excluding hydrogens is 368 g/mol. The molecule has 2 aromatic rings. The molecule has 0 aromatic carbocycles. The van der Waals surface area contributed by atoms with Crippen molar-refractivity contribution in [3.63, 3.8) is 0 Å². The second-order valence-corrected chi connectivity index (χ2v) is 8.62. The van der Waals surface area contributed by atoms with E-state index in [1.807, 2.05) is 30.9 Å². The Kier molecular flexibility index (Phi) is 5.58. The van der Waals surface area contributed by atoms with Gasteiger partial charge in [0.05, 0.1) is 6.33 Å². The smallest absolute Gasteiger partial charge is 0.242 e. The predicted octanol–water partition coefficient (Wildman–Crippen LogP) is 1.20. The van der Waals surface area contributed by atoms with Gasteiger partial charge in [0.2, 0.25) is 11.9 Å². The summed E-state index contributed by atoms with van der Waals surface area (Å²) in [5.74, 6) is 1.48. The summed E-state index contributed by atoms with van der Waals surface area (Å²) in [6.45, 7) is 3.45. The van der Waals surface area contributed by atoms with Crippen LogP contribution in [0.3, 0.4) is 0 Å². The quantitative estimate of drug-likeness (QED) is 0.805. The van der Waals surface area contributed by atoms with Crippen molar-refractivity contribution < 1.29 is 4.79 Å². The van der Waals surface area contributed by atoms with Gasteiger partial charge in [0.25, 0.3) is 0 Å². The Morgan fingerprint density at radius 3 is 2.76 bits per heavy atom. The van der Waals surface area contributed by atoms with Crippen LogP contribution in [0.4, 0.5) is 11.8 Å². The lowest BCUT2D eigenvalue weighted by Crippen LogP contribution is -2.51. The molecule has 2 aliphatic heterocycles. The number of amides is 1. The molecule has 2 saturated heterocycles. The van der Waals surface area contributed by atoms with Crippen LogP contribution >= 0.6 is 0 Å². The first-order valence-corrected chi connectivity index (χ1v) is 10.6. The number of rotatable bonds is 5. The number of nitrogens with two attached hydrogens (primary N) is 1. The van der Waals surface area contributed by atoms with E-state index in [-0.39, 0.29) is 18.4 Å². The van der Waals surface area contributed by atoms with E-state index in [0.717, 1.165) is 6.54 Å². The Morgan fingerprint density at radius 1 is 1.17 bits per heavy atom. The average Bonchev–Trinajstić information content (AvgIpc) is 3.09. The molecule has 9 heteroatoms. The maximum Gasteiger partial charge on any atom is 0.242 e. The van der Waals surface area contributed by atoms with Crippen molar-refractivity contribution in [2.24, 2.45) is 5.92 Å². The lowest BCUT2D eigenvalue weighted by atomic mass is 9.83. The van der Waals surface area contributed by atoms with Crippen molar-refractivity contribution in [2.45, 2.75) is 44.7 Å². The second kappa shape index (κ2) is 8.14. The number of aromatic nitrogens is 4. The van der Waals surface area contributed by atoms with Crippen molar-refractivity contribution in [3.8, 4) is 0 Å². The van der Waals surface area contributed by atoms with E-state index < -0.39 is 0 Å². The van der Waals surface area contributed by atoms with Gasteiger partial charge < -0.3 is 25.0 Å². The Bertz CT molecular complexity index is 877. The topological polar surface area (TPSA) is 96.4 Å². The van der Waals surface area contributed by atoms with E-state index in [1.165, 1.54) is 45.2 Å². The highest BCUT2D eigenvalue weighted by molar-refractivity contribution is 5.86. The summed E-state index contributed by atoms with van der Waals surface area (Å²) < 4.78 is 1.77. The highest BCUT2D eigenvalue weighted by atomic mass is 16.2. The molecule has 0 radical (unpaired) electrons. The molecule has 2 fully saturated rings. The minimum Gasteiger partial charge on any atom is -0.368 e. The van der Waals surface area contributed by atoms with Crippen LogP contribution in [-0.2, 0) is 11.3 Å². The van der Waals surface area contributed by atoms with Gasteiger partial charge >= 0.3 is 0 Å². The summed E-state index contributed by atoms with van der Waals surface area (Å²) in [5, 5.41) is 0. The third-order valence-corrected chi connectivity index (χ3v) is 6.35. The Balaban J connectivity index is 1.46. The van der Waals surface area contributed by atoms with Crippen molar-refractivity contribution in [1.29, 1.82) is 0 Å². The standard InChI is InChI=1S/C20H32N8O/c1-25(2)18-17-19(24-20(21)23-18)28(13-22-17)12-16(29)26(3)11-14-7-6-10-27-9-5-4-8-15(14)27/h13-15H,4-12H2,1-3H3,(H2,21,23,24)/t14-,15+/m0/s1. The maximum atomic E-state index is 13.0. The van der Waals surface area contributed by atoms with Gasteiger partial charge in [-0.15, -0.1) is 0 Å². The number of piperidine rings is 2. The number of nitrogen functional groups attached to an aromatic ring is 1. The fraction of sp³-hybridized carbons (Fsp3) is 0.700. The third kappa shape index (κ3) is 4.01. The van der Waals surface area contributed by atoms with Gasteiger partial charge in [0.15, 0.2) is 17.0 Å². The Hall–Kier alpha value is -2.42. The monoisotopic (exact) mass is 400 g/mol. The molecule has 9 nitrogen and oxygen atoms in total. The lowest BCUT2D eigenvalue weighted by Gasteiger charge is -2.45. The normalized spacial score (nSPS) is 22.4. The van der Waals surface area contributed by atoms with Crippen LogP contribution in [0.25, 0.3) is 11.2 Å². The van der Waals surface area contributed by atoms with Gasteiger partial charge in [-0.3, -0.25) is 4.79 Å². The Morgan fingerprint density at radius 2 is 1.97 bits per heavy atom. The van der Waals surface area contributed by atoms with Gasteiger partial charge in [-0.2, -0.15) is 9.97 Å². The lowest BCUT2D eigenvalue weighted by molar-refractivity contribution is -0.131. The number of fused-ring (bicyclic) bond motifs is 2. The summed E-state index contributed by atoms with van der Waals surface area (Å²) >= 11 is 0. The molecule has 2 N–H and O–H groups in total. The largest absolute Gasteiger partial charge is 0.368 e. The number of carbonyl (C=O) groups excluding carboxylic acids is 1. The number of likely N-dealkylation sites (N-methyl/N-ethyl adjacent to an activating group) is 1. The van der Waals surface area contributed by atoms with Gasteiger partial charge in [-0.25, -0.2) is 4.98 Å². The van der Waals surface area contributed by atoms with Gasteiger partial charge in [-0.1, -0.05) is 6.42 Å². The molecule has 0 aliphatic carbocycles. The van der Waals surface area contributed by atoms with Crippen LogP contribution in [-0.4, -0.2) is 82.0 Å². The number of anilines is 2. The van der Waals surface area contributed by atoms with E-state index >= 15 is 0 Å². The summed E-state index contributed by atoms with van der Waals surface area (Å²) in [7, 11) is 5.69. The predicted molar refractivity (Wildman–Crippen MR) is 114 cm³/mol. The van der Waals surface area contributed by atoms with Crippen LogP contribution in [0.2, 0.25) is 0 Å². The molecule has 2 atom stereocenters. The molecule has 2 aromatic heterocycles. The van der Waals surface area contributed by atoms with Gasteiger partial charge in [0.1, 0.15) is 6.54 Å². The molecule has 158 valence electrons. The highest BCUT2D eigenvalue weighted by Crippen LogP contribution is 2.31. The van der Waals surface area contributed by atoms with E-state index in [0.29, 0.717) is 28.9 Å². The van der Waals surface area contributed by atoms with Crippen molar-refractivity contribution in [2.75, 3.05) is 51.4 Å². The van der Waals surface area contributed by atoms with Gasteiger partial charge in [-0.05, 0) is 44.7 Å². The SMILES string of the molecule is CN(C[C@@H]1CCCN2CCCC[C@H]12)C(=O)Cn1cnc2c(N(C)C)nc(N)nc21. The minimum absolute atomic E-state index is 0.0702. The maximum absolute atomic E-state index is 13.0. The summed E-state index contributed by atoms with van der Waals surface area (Å²) in [5.41, 5.74) is 7.13. The summed E-state index contributed by atoms with van der Waals surface area (Å²) in [6, 6.07) is 0.636. The fourth-order valence-electron chi connectivity index (χ4n) is 4.88. The highest BCUT2D eigenvalue weighted by Gasteiger charge is 2.34. The van der Waals surface area contributed by atoms with Crippen LogP contribution in [0.15, 0.2) is 6.33 Å². The molecule has 2 aliphatic rings. The molecule has 29 heavy (non-hydrogen) atoms. The first kappa shape index (κ1) is 19.9. The molecule has 4 heterocycles. The van der Waals surface area contributed by atoms with Crippen molar-refractivity contribution >= 4 is 28.8 Å². The zero-order valence-electron chi connectivity index (χ0n) is 17.7. The van der Waals surface area contributed by atoms with Crippen LogP contribution in [0.1, 0.15) is 32.1 Å². The second-order valence-electron chi connectivity index (χ2n) is 8.62. The molecule has 0 unspecified atom stereocenters. The van der Waals surface area contributed by atoms with E-state index in [4.69, 9.17) is 5.73 Å². The number of nitrogens with zero attached hydrogens (tertiary/aromatic N) is 7. The zero-order chi connectivity index (χ0) is 20.5. The molecule has 0 spiro atoms. The molecule has 0 saturated carbocycles. The van der Waals surface area contributed by atoms with Crippen LogP contribution < -0.4 is 10.6 Å². The average molecular weight is 401 g/mol. The van der Waals surface area contributed by atoms with Crippen molar-refractivity contribution in [1.82, 2.24) is 29.3 Å². The Labute approximate surface area is 171 Å². The van der Waals surface area contributed by atoms with Crippen LogP contribution in [0.5, 0.6) is 0 Å². The van der Waals surface area contributed by atoms with Gasteiger partial charge in [0, 0.05) is 33.7 Å².